The molecule has 2 heterocycles. The number of aromatic nitrogens is 1. The van der Waals surface area contributed by atoms with Gasteiger partial charge in [0.2, 0.25) is 0 Å². The van der Waals surface area contributed by atoms with E-state index in [1.807, 2.05) is 31.2 Å². The Morgan fingerprint density at radius 3 is 2.26 bits per heavy atom. The van der Waals surface area contributed by atoms with Crippen LogP contribution in [0.25, 0.3) is 10.9 Å². The smallest absolute Gasteiger partial charge is 0.340 e. The number of rotatable bonds is 5. The number of esters is 1. The van der Waals surface area contributed by atoms with Gasteiger partial charge in [-0.2, -0.15) is 0 Å². The zero-order chi connectivity index (χ0) is 24.7. The fraction of sp³-hybridized carbons (Fsp3) is 0.111. The van der Waals surface area contributed by atoms with E-state index >= 15 is 0 Å². The highest BCUT2D eigenvalue weighted by molar-refractivity contribution is 6.34. The highest BCUT2D eigenvalue weighted by atomic mass is 19.1. The Hall–Kier alpha value is -4.59. The number of methoxy groups -OCH3 is 1. The number of fused-ring (bicyclic) bond motifs is 2. The number of amides is 2. The van der Waals surface area contributed by atoms with Crippen LogP contribution in [-0.4, -0.2) is 29.9 Å². The van der Waals surface area contributed by atoms with E-state index < -0.39 is 23.6 Å². The Kier molecular flexibility index (Phi) is 5.49. The van der Waals surface area contributed by atoms with Crippen molar-refractivity contribution in [2.75, 3.05) is 12.0 Å². The molecule has 7 nitrogen and oxygen atoms in total. The van der Waals surface area contributed by atoms with Crippen molar-refractivity contribution >= 4 is 34.5 Å². The van der Waals surface area contributed by atoms with Crippen LogP contribution in [0.2, 0.25) is 0 Å². The van der Waals surface area contributed by atoms with Gasteiger partial charge >= 0.3 is 5.97 Å². The number of hydrogen-bond acceptors (Lipinski definition) is 6. The molecule has 0 saturated heterocycles. The number of imide groups is 1. The number of anilines is 1. The van der Waals surface area contributed by atoms with E-state index in [0.29, 0.717) is 5.39 Å². The van der Waals surface area contributed by atoms with Gasteiger partial charge in [0, 0.05) is 11.5 Å². The topological polar surface area (TPSA) is 85.8 Å². The third-order valence-electron chi connectivity index (χ3n) is 5.78. The summed E-state index contributed by atoms with van der Waals surface area (Å²) >= 11 is 0. The first-order valence-electron chi connectivity index (χ1n) is 10.8. The summed E-state index contributed by atoms with van der Waals surface area (Å²) in [7, 11) is 1.16. The molecule has 0 spiro atoms. The summed E-state index contributed by atoms with van der Waals surface area (Å²) in [6, 6.07) is 18.0. The number of nitrogens with zero attached hydrogens (tertiary/aromatic N) is 2. The number of halogens is 1. The van der Waals surface area contributed by atoms with E-state index in [1.54, 1.807) is 24.3 Å². The quantitative estimate of drug-likeness (QED) is 0.306. The average Bonchev–Trinajstić information content (AvgIpc) is 3.12. The zero-order valence-corrected chi connectivity index (χ0v) is 18.9. The Bertz CT molecular complexity index is 1480. The molecule has 1 aliphatic heterocycles. The Balaban J connectivity index is 1.63. The predicted molar refractivity (Wildman–Crippen MR) is 126 cm³/mol. The van der Waals surface area contributed by atoms with Crippen LogP contribution in [0.5, 0.6) is 5.75 Å². The molecule has 0 fully saturated rings. The molecular formula is C27H19FN2O5. The van der Waals surface area contributed by atoms with E-state index in [2.05, 4.69) is 9.72 Å². The lowest BCUT2D eigenvalue weighted by atomic mass is 10.1. The second-order valence-corrected chi connectivity index (χ2v) is 8.09. The first kappa shape index (κ1) is 22.2. The average molecular weight is 470 g/mol. The number of benzene rings is 3. The fourth-order valence-corrected chi connectivity index (χ4v) is 3.93. The molecule has 8 heteroatoms. The standard InChI is InChI=1S/C27H19FN2O5/c1-15-7-9-16(10-8-15)14-35-23-12-17-11-20(27(33)34-2)21(28)13-22(17)29-24(23)30-25(31)18-5-3-4-6-19(18)26(30)32/h3-13H,14H2,1-2H3. The lowest BCUT2D eigenvalue weighted by Crippen LogP contribution is -2.30. The lowest BCUT2D eigenvalue weighted by Gasteiger charge is -2.19. The Morgan fingerprint density at radius 2 is 1.63 bits per heavy atom. The summed E-state index contributed by atoms with van der Waals surface area (Å²) in [5, 5.41) is 0.381. The number of carbonyl (C=O) groups excluding carboxylic acids is 3. The molecule has 5 rings (SSSR count). The number of carbonyl (C=O) groups is 3. The van der Waals surface area contributed by atoms with E-state index in [1.165, 1.54) is 12.1 Å². The molecule has 4 aromatic rings. The van der Waals surface area contributed by atoms with Crippen molar-refractivity contribution in [2.24, 2.45) is 0 Å². The highest BCUT2D eigenvalue weighted by Gasteiger charge is 2.39. The van der Waals surface area contributed by atoms with Gasteiger partial charge in [0.15, 0.2) is 11.6 Å². The van der Waals surface area contributed by atoms with Crippen LogP contribution in [0, 0.1) is 12.7 Å². The van der Waals surface area contributed by atoms with Gasteiger partial charge in [0.1, 0.15) is 12.4 Å². The zero-order valence-electron chi connectivity index (χ0n) is 18.9. The van der Waals surface area contributed by atoms with Gasteiger partial charge in [-0.25, -0.2) is 19.1 Å². The first-order valence-corrected chi connectivity index (χ1v) is 10.8. The van der Waals surface area contributed by atoms with Gasteiger partial charge in [-0.05, 0) is 36.8 Å². The number of pyridine rings is 1. The van der Waals surface area contributed by atoms with Gasteiger partial charge in [-0.1, -0.05) is 42.0 Å². The van der Waals surface area contributed by atoms with Gasteiger partial charge in [0.05, 0.1) is 29.3 Å². The summed E-state index contributed by atoms with van der Waals surface area (Å²) in [4.78, 5) is 43.6. The monoisotopic (exact) mass is 470 g/mol. The fourth-order valence-electron chi connectivity index (χ4n) is 3.93. The Labute approximate surface area is 199 Å². The van der Waals surface area contributed by atoms with Gasteiger partial charge < -0.3 is 9.47 Å². The molecule has 1 aromatic heterocycles. The third-order valence-corrected chi connectivity index (χ3v) is 5.78. The largest absolute Gasteiger partial charge is 0.485 e. The van der Waals surface area contributed by atoms with Gasteiger partial charge in [-0.15, -0.1) is 0 Å². The molecule has 0 aliphatic carbocycles. The number of hydrogen-bond donors (Lipinski definition) is 0. The number of aryl methyl sites for hydroxylation is 1. The SMILES string of the molecule is COC(=O)c1cc2cc(OCc3ccc(C)cc3)c(N3C(=O)c4ccccc4C3=O)nc2cc1F. The molecular weight excluding hydrogens is 451 g/mol. The van der Waals surface area contributed by atoms with Crippen molar-refractivity contribution in [3.05, 3.63) is 100 Å². The van der Waals surface area contributed by atoms with Crippen LogP contribution in [0.3, 0.4) is 0 Å². The molecule has 35 heavy (non-hydrogen) atoms. The van der Waals surface area contributed by atoms with Gasteiger partial charge in [-0.3, -0.25) is 9.59 Å². The molecule has 0 N–H and O–H groups in total. The highest BCUT2D eigenvalue weighted by Crippen LogP contribution is 2.36. The van der Waals surface area contributed by atoms with E-state index in [9.17, 15) is 18.8 Å². The summed E-state index contributed by atoms with van der Waals surface area (Å²) in [6.07, 6.45) is 0. The molecule has 1 aliphatic rings. The van der Waals surface area contributed by atoms with E-state index in [-0.39, 0.29) is 40.4 Å². The van der Waals surface area contributed by atoms with Crippen molar-refractivity contribution in [3.8, 4) is 5.75 Å². The summed E-state index contributed by atoms with van der Waals surface area (Å²) in [5.41, 5.74) is 2.32. The third kappa shape index (κ3) is 3.89. The Morgan fingerprint density at radius 1 is 0.971 bits per heavy atom. The van der Waals surface area contributed by atoms with Crippen LogP contribution in [-0.2, 0) is 11.3 Å². The van der Waals surface area contributed by atoms with Crippen LogP contribution >= 0.6 is 0 Å². The second-order valence-electron chi connectivity index (χ2n) is 8.09. The lowest BCUT2D eigenvalue weighted by molar-refractivity contribution is 0.0595. The molecule has 0 bridgehead atoms. The minimum absolute atomic E-state index is 0.0546. The van der Waals surface area contributed by atoms with Crippen molar-refractivity contribution in [1.29, 1.82) is 0 Å². The van der Waals surface area contributed by atoms with Crippen LogP contribution in [0.1, 0.15) is 42.2 Å². The number of ether oxygens (including phenoxy) is 2. The normalized spacial score (nSPS) is 12.7. The predicted octanol–water partition coefficient (Wildman–Crippen LogP) is 4.85. The maximum absolute atomic E-state index is 14.6. The molecule has 2 amide bonds. The maximum atomic E-state index is 14.6. The van der Waals surface area contributed by atoms with Gasteiger partial charge in [0.25, 0.3) is 11.8 Å². The van der Waals surface area contributed by atoms with Crippen molar-refractivity contribution < 1.29 is 28.2 Å². The first-order chi connectivity index (χ1) is 16.9. The van der Waals surface area contributed by atoms with Crippen LogP contribution < -0.4 is 9.64 Å². The second kappa shape index (κ2) is 8.64. The molecule has 0 radical (unpaired) electrons. The van der Waals surface area contributed by atoms with Crippen molar-refractivity contribution in [1.82, 2.24) is 4.98 Å². The molecule has 174 valence electrons. The minimum atomic E-state index is -0.837. The van der Waals surface area contributed by atoms with E-state index in [0.717, 1.165) is 29.2 Å². The van der Waals surface area contributed by atoms with Crippen LogP contribution in [0.15, 0.2) is 66.7 Å². The summed E-state index contributed by atoms with van der Waals surface area (Å²) in [5.74, 6) is -2.70. The van der Waals surface area contributed by atoms with Crippen LogP contribution in [0.4, 0.5) is 10.2 Å². The summed E-state index contributed by atoms with van der Waals surface area (Å²) < 4.78 is 25.3. The molecule has 0 unspecified atom stereocenters. The molecule has 0 saturated carbocycles. The molecule has 3 aromatic carbocycles. The van der Waals surface area contributed by atoms with E-state index in [4.69, 9.17) is 4.74 Å². The minimum Gasteiger partial charge on any atom is -0.485 e. The molecule has 0 atom stereocenters. The van der Waals surface area contributed by atoms with Crippen molar-refractivity contribution in [2.45, 2.75) is 13.5 Å². The van der Waals surface area contributed by atoms with Crippen molar-refractivity contribution in [3.63, 3.8) is 0 Å². The maximum Gasteiger partial charge on any atom is 0.340 e. The summed E-state index contributed by atoms with van der Waals surface area (Å²) in [6.45, 7) is 2.10.